The predicted octanol–water partition coefficient (Wildman–Crippen LogP) is 3.22. The minimum Gasteiger partial charge on any atom is -0.457 e. The van der Waals surface area contributed by atoms with E-state index in [1.807, 2.05) is 13.0 Å². The molecule has 0 unspecified atom stereocenters. The Morgan fingerprint density at radius 2 is 2.19 bits per heavy atom. The molecule has 140 valence electrons. The maximum atomic E-state index is 12.0. The molecule has 0 spiro atoms. The molecule has 0 aliphatic carbocycles. The summed E-state index contributed by atoms with van der Waals surface area (Å²) in [5.41, 5.74) is 1.24. The SMILES string of the molecule is COCCCNC(=O)/C(C#N)=C/c1ccc(-c2cc([N+](=O)[O-])ccc2C)o1. The lowest BCUT2D eigenvalue weighted by molar-refractivity contribution is -0.384. The Balaban J connectivity index is 2.20. The second kappa shape index (κ2) is 9.31. The minimum atomic E-state index is -0.502. The van der Waals surface area contributed by atoms with E-state index in [0.29, 0.717) is 36.7 Å². The van der Waals surface area contributed by atoms with Gasteiger partial charge in [0.1, 0.15) is 23.2 Å². The van der Waals surface area contributed by atoms with Crippen LogP contribution in [0, 0.1) is 28.4 Å². The third-order valence-corrected chi connectivity index (χ3v) is 3.79. The molecule has 2 aromatic rings. The summed E-state index contributed by atoms with van der Waals surface area (Å²) in [5.74, 6) is 0.220. The van der Waals surface area contributed by atoms with Crippen molar-refractivity contribution in [3.8, 4) is 17.4 Å². The van der Waals surface area contributed by atoms with Crippen LogP contribution in [0.2, 0.25) is 0 Å². The van der Waals surface area contributed by atoms with Gasteiger partial charge in [0.25, 0.3) is 11.6 Å². The number of nitrogens with zero attached hydrogens (tertiary/aromatic N) is 2. The van der Waals surface area contributed by atoms with Crippen molar-refractivity contribution in [1.29, 1.82) is 5.26 Å². The molecule has 0 aliphatic rings. The van der Waals surface area contributed by atoms with Crippen molar-refractivity contribution in [1.82, 2.24) is 5.32 Å². The van der Waals surface area contributed by atoms with Gasteiger partial charge in [-0.2, -0.15) is 5.26 Å². The summed E-state index contributed by atoms with van der Waals surface area (Å²) in [4.78, 5) is 22.5. The van der Waals surface area contributed by atoms with Gasteiger partial charge in [0, 0.05) is 44.0 Å². The Bertz CT molecular complexity index is 908. The fourth-order valence-corrected chi connectivity index (χ4v) is 2.37. The van der Waals surface area contributed by atoms with E-state index in [1.165, 1.54) is 18.2 Å². The zero-order chi connectivity index (χ0) is 19.8. The van der Waals surface area contributed by atoms with E-state index in [-0.39, 0.29) is 11.3 Å². The summed E-state index contributed by atoms with van der Waals surface area (Å²) in [7, 11) is 1.57. The minimum absolute atomic E-state index is 0.0442. The van der Waals surface area contributed by atoms with Crippen LogP contribution >= 0.6 is 0 Å². The number of nitro benzene ring substituents is 1. The molecule has 0 bridgehead atoms. The lowest BCUT2D eigenvalue weighted by atomic mass is 10.1. The molecule has 1 N–H and O–H groups in total. The Morgan fingerprint density at radius 3 is 2.85 bits per heavy atom. The maximum absolute atomic E-state index is 12.0. The normalized spacial score (nSPS) is 11.1. The summed E-state index contributed by atoms with van der Waals surface area (Å²) in [6.45, 7) is 2.71. The molecule has 1 aromatic heterocycles. The van der Waals surface area contributed by atoms with Crippen molar-refractivity contribution in [2.45, 2.75) is 13.3 Å². The highest BCUT2D eigenvalue weighted by Gasteiger charge is 2.14. The average molecular weight is 369 g/mol. The van der Waals surface area contributed by atoms with Gasteiger partial charge in [-0.05, 0) is 31.0 Å². The number of carbonyl (C=O) groups excluding carboxylic acids is 1. The Kier molecular flexibility index (Phi) is 6.86. The van der Waals surface area contributed by atoms with Gasteiger partial charge >= 0.3 is 0 Å². The molecule has 1 aromatic carbocycles. The monoisotopic (exact) mass is 369 g/mol. The zero-order valence-electron chi connectivity index (χ0n) is 15.0. The Morgan fingerprint density at radius 1 is 1.41 bits per heavy atom. The standard InChI is InChI=1S/C19H19N3O5/c1-13-4-5-15(22(24)25)11-17(13)18-7-6-16(27-18)10-14(12-20)19(23)21-8-3-9-26-2/h4-7,10-11H,3,8-9H2,1-2H3,(H,21,23)/b14-10+. The average Bonchev–Trinajstić information content (AvgIpc) is 3.11. The number of hydrogen-bond donors (Lipinski definition) is 1. The number of ether oxygens (including phenoxy) is 1. The van der Waals surface area contributed by atoms with Crippen LogP contribution in [0.1, 0.15) is 17.7 Å². The van der Waals surface area contributed by atoms with Gasteiger partial charge < -0.3 is 14.5 Å². The van der Waals surface area contributed by atoms with Crippen molar-refractivity contribution >= 4 is 17.7 Å². The molecule has 27 heavy (non-hydrogen) atoms. The summed E-state index contributed by atoms with van der Waals surface area (Å²) < 4.78 is 10.6. The van der Waals surface area contributed by atoms with Crippen LogP contribution in [-0.4, -0.2) is 31.1 Å². The van der Waals surface area contributed by atoms with Gasteiger partial charge in [0.15, 0.2) is 0 Å². The first kappa shape index (κ1) is 19.9. The molecule has 8 nitrogen and oxygen atoms in total. The number of non-ortho nitro benzene ring substituents is 1. The number of benzene rings is 1. The Hall–Kier alpha value is -3.44. The molecular formula is C19H19N3O5. The Labute approximate surface area is 156 Å². The van der Waals surface area contributed by atoms with Gasteiger partial charge in [-0.15, -0.1) is 0 Å². The number of aryl methyl sites for hydroxylation is 1. The van der Waals surface area contributed by atoms with Gasteiger partial charge in [-0.25, -0.2) is 0 Å². The predicted molar refractivity (Wildman–Crippen MR) is 98.6 cm³/mol. The fourth-order valence-electron chi connectivity index (χ4n) is 2.37. The number of carbonyl (C=O) groups is 1. The van der Waals surface area contributed by atoms with E-state index in [0.717, 1.165) is 5.56 Å². The largest absolute Gasteiger partial charge is 0.457 e. The molecule has 1 heterocycles. The van der Waals surface area contributed by atoms with Crippen molar-refractivity contribution in [2.24, 2.45) is 0 Å². The third kappa shape index (κ3) is 5.26. The fraction of sp³-hybridized carbons (Fsp3) is 0.263. The maximum Gasteiger partial charge on any atom is 0.270 e. The van der Waals surface area contributed by atoms with Crippen LogP contribution in [0.15, 0.2) is 40.3 Å². The second-order valence-corrected chi connectivity index (χ2v) is 5.73. The van der Waals surface area contributed by atoms with E-state index in [4.69, 9.17) is 9.15 Å². The van der Waals surface area contributed by atoms with Crippen molar-refractivity contribution in [3.63, 3.8) is 0 Å². The number of rotatable bonds is 8. The number of hydrogen-bond acceptors (Lipinski definition) is 6. The van der Waals surface area contributed by atoms with E-state index in [1.54, 1.807) is 25.3 Å². The zero-order valence-corrected chi connectivity index (χ0v) is 15.0. The molecule has 0 aliphatic heterocycles. The number of methoxy groups -OCH3 is 1. The number of furan rings is 1. The topological polar surface area (TPSA) is 118 Å². The molecular weight excluding hydrogens is 350 g/mol. The first-order valence-electron chi connectivity index (χ1n) is 8.20. The first-order valence-corrected chi connectivity index (χ1v) is 8.20. The van der Waals surface area contributed by atoms with Crippen LogP contribution in [0.25, 0.3) is 17.4 Å². The lowest BCUT2D eigenvalue weighted by Crippen LogP contribution is -2.26. The number of nitro groups is 1. The molecule has 1 amide bonds. The van der Waals surface area contributed by atoms with E-state index in [2.05, 4.69) is 5.32 Å². The highest BCUT2D eigenvalue weighted by atomic mass is 16.6. The molecule has 0 radical (unpaired) electrons. The molecule has 0 atom stereocenters. The smallest absolute Gasteiger partial charge is 0.270 e. The van der Waals surface area contributed by atoms with E-state index in [9.17, 15) is 20.2 Å². The third-order valence-electron chi connectivity index (χ3n) is 3.79. The van der Waals surface area contributed by atoms with Crippen LogP contribution in [0.4, 0.5) is 5.69 Å². The van der Waals surface area contributed by atoms with E-state index < -0.39 is 10.8 Å². The molecule has 8 heteroatoms. The summed E-state index contributed by atoms with van der Waals surface area (Å²) in [6, 6.07) is 9.57. The second-order valence-electron chi connectivity index (χ2n) is 5.73. The van der Waals surface area contributed by atoms with Crippen molar-refractivity contribution in [3.05, 3.63) is 57.3 Å². The number of nitrogens with one attached hydrogen (secondary N) is 1. The number of amides is 1. The van der Waals surface area contributed by atoms with Crippen LogP contribution in [-0.2, 0) is 9.53 Å². The van der Waals surface area contributed by atoms with Gasteiger partial charge in [0.2, 0.25) is 0 Å². The number of nitriles is 1. The van der Waals surface area contributed by atoms with Gasteiger partial charge in [-0.1, -0.05) is 6.07 Å². The summed E-state index contributed by atoms with van der Waals surface area (Å²) in [5, 5.41) is 22.8. The first-order chi connectivity index (χ1) is 13.0. The van der Waals surface area contributed by atoms with Crippen LogP contribution in [0.3, 0.4) is 0 Å². The van der Waals surface area contributed by atoms with Crippen LogP contribution in [0.5, 0.6) is 0 Å². The van der Waals surface area contributed by atoms with Crippen LogP contribution < -0.4 is 5.32 Å². The lowest BCUT2D eigenvalue weighted by Gasteiger charge is -2.03. The molecule has 0 saturated carbocycles. The van der Waals surface area contributed by atoms with E-state index >= 15 is 0 Å². The summed E-state index contributed by atoms with van der Waals surface area (Å²) in [6.07, 6.45) is 1.97. The highest BCUT2D eigenvalue weighted by molar-refractivity contribution is 6.01. The molecule has 0 saturated heterocycles. The molecule has 2 rings (SSSR count). The van der Waals surface area contributed by atoms with Crippen molar-refractivity contribution < 1.29 is 18.9 Å². The van der Waals surface area contributed by atoms with Gasteiger partial charge in [0.05, 0.1) is 4.92 Å². The van der Waals surface area contributed by atoms with Gasteiger partial charge in [-0.3, -0.25) is 14.9 Å². The quantitative estimate of drug-likeness (QED) is 0.251. The summed E-state index contributed by atoms with van der Waals surface area (Å²) >= 11 is 0. The van der Waals surface area contributed by atoms with Crippen molar-refractivity contribution in [2.75, 3.05) is 20.3 Å². The highest BCUT2D eigenvalue weighted by Crippen LogP contribution is 2.29. The molecule has 0 fully saturated rings.